The molecular formula is C44H49N2P. The maximum absolute atomic E-state index is 2.54. The van der Waals surface area contributed by atoms with Crippen LogP contribution >= 0.6 is 7.92 Å². The van der Waals surface area contributed by atoms with Crippen molar-refractivity contribution in [2.24, 2.45) is 0 Å². The maximum Gasteiger partial charge on any atom is 0.0426 e. The van der Waals surface area contributed by atoms with E-state index in [0.717, 1.165) is 25.7 Å². The summed E-state index contributed by atoms with van der Waals surface area (Å²) in [7, 11) is 7.87. The first kappa shape index (κ1) is 32.8. The third-order valence-corrected chi connectivity index (χ3v) is 12.1. The van der Waals surface area contributed by atoms with Crippen LogP contribution in [0.1, 0.15) is 49.9 Å². The van der Waals surface area contributed by atoms with Crippen LogP contribution in [0.5, 0.6) is 0 Å². The molecular weight excluding hydrogens is 587 g/mol. The molecule has 0 spiro atoms. The van der Waals surface area contributed by atoms with Crippen LogP contribution in [0.4, 0.5) is 11.4 Å². The fourth-order valence-electron chi connectivity index (χ4n) is 7.57. The van der Waals surface area contributed by atoms with Crippen LogP contribution in [0.15, 0.2) is 103 Å². The molecule has 6 aromatic carbocycles. The molecule has 0 aliphatic carbocycles. The Morgan fingerprint density at radius 2 is 0.894 bits per heavy atom. The summed E-state index contributed by atoms with van der Waals surface area (Å²) in [6, 6.07) is 39.6. The Morgan fingerprint density at radius 1 is 0.468 bits per heavy atom. The molecule has 0 aliphatic heterocycles. The van der Waals surface area contributed by atoms with Gasteiger partial charge in [0.05, 0.1) is 0 Å². The molecule has 0 fully saturated rings. The van der Waals surface area contributed by atoms with Gasteiger partial charge in [0.15, 0.2) is 0 Å². The van der Waals surface area contributed by atoms with E-state index in [9.17, 15) is 0 Å². The first-order valence-corrected chi connectivity index (χ1v) is 18.6. The molecule has 0 amide bonds. The van der Waals surface area contributed by atoms with E-state index in [1.54, 1.807) is 0 Å². The molecule has 0 bridgehead atoms. The lowest BCUT2D eigenvalue weighted by atomic mass is 9.94. The molecule has 0 saturated heterocycles. The van der Waals surface area contributed by atoms with Crippen molar-refractivity contribution in [1.29, 1.82) is 0 Å². The molecule has 0 aromatic heterocycles. The van der Waals surface area contributed by atoms with Gasteiger partial charge in [0.2, 0.25) is 0 Å². The molecule has 2 nitrogen and oxygen atoms in total. The van der Waals surface area contributed by atoms with E-state index in [2.05, 4.69) is 169 Å². The average Bonchev–Trinajstić information content (AvgIpc) is 3.10. The van der Waals surface area contributed by atoms with Crippen LogP contribution in [0, 0.1) is 0 Å². The largest absolute Gasteiger partial charge is 0.377 e. The first-order valence-electron chi connectivity index (χ1n) is 17.3. The lowest BCUT2D eigenvalue weighted by Gasteiger charge is -2.30. The van der Waals surface area contributed by atoms with E-state index >= 15 is 0 Å². The lowest BCUT2D eigenvalue weighted by molar-refractivity contribution is 1.02. The van der Waals surface area contributed by atoms with Crippen molar-refractivity contribution in [3.8, 4) is 11.1 Å². The van der Waals surface area contributed by atoms with Crippen molar-refractivity contribution >= 4 is 56.8 Å². The second-order valence-corrected chi connectivity index (χ2v) is 15.2. The van der Waals surface area contributed by atoms with E-state index in [0.29, 0.717) is 0 Å². The fourth-order valence-corrected chi connectivity index (χ4v) is 10.3. The van der Waals surface area contributed by atoms with Gasteiger partial charge in [-0.25, -0.2) is 0 Å². The summed E-state index contributed by atoms with van der Waals surface area (Å²) >= 11 is 0. The Balaban J connectivity index is 1.77. The van der Waals surface area contributed by atoms with Crippen molar-refractivity contribution in [1.82, 2.24) is 0 Å². The van der Waals surface area contributed by atoms with Crippen molar-refractivity contribution in [2.45, 2.75) is 53.4 Å². The van der Waals surface area contributed by atoms with E-state index < -0.39 is 7.92 Å². The Hall–Kier alpha value is -4.13. The van der Waals surface area contributed by atoms with Gasteiger partial charge in [-0.05, 0) is 129 Å². The van der Waals surface area contributed by atoms with Gasteiger partial charge in [-0.1, -0.05) is 107 Å². The van der Waals surface area contributed by atoms with Gasteiger partial charge >= 0.3 is 0 Å². The number of hydrogen-bond donors (Lipinski definition) is 0. The van der Waals surface area contributed by atoms with Crippen LogP contribution in [0.3, 0.4) is 0 Å². The van der Waals surface area contributed by atoms with Gasteiger partial charge < -0.3 is 9.80 Å². The molecule has 3 heteroatoms. The van der Waals surface area contributed by atoms with Crippen molar-refractivity contribution in [3.63, 3.8) is 0 Å². The summed E-state index contributed by atoms with van der Waals surface area (Å²) in [5.74, 6) is 0. The molecule has 6 aromatic rings. The minimum atomic E-state index is -0.907. The van der Waals surface area contributed by atoms with Gasteiger partial charge in [0, 0.05) is 39.6 Å². The molecule has 0 atom stereocenters. The highest BCUT2D eigenvalue weighted by Crippen LogP contribution is 2.44. The number of fused-ring (bicyclic) bond motifs is 2. The van der Waals surface area contributed by atoms with Gasteiger partial charge in [-0.2, -0.15) is 0 Å². The number of benzene rings is 6. The topological polar surface area (TPSA) is 6.48 Å². The standard InChI is InChI=1S/C44H49N2P/c1-9-30-26-36(27-31(10-2)43(30)45(5)6)47(37-28-32(11-3)44(46(7)8)33(12-4)29-37)41-25-24-35-19-14-16-22-39(35)42(41)40-23-17-20-34-18-13-15-21-38(34)40/h13-29H,9-12H2,1-8H3. The van der Waals surface area contributed by atoms with Crippen LogP contribution in [-0.2, 0) is 25.7 Å². The molecule has 0 heterocycles. The average molecular weight is 637 g/mol. The summed E-state index contributed by atoms with van der Waals surface area (Å²) in [5, 5.41) is 9.50. The Labute approximate surface area is 283 Å². The molecule has 0 N–H and O–H groups in total. The second kappa shape index (κ2) is 13.9. The number of aryl methyl sites for hydroxylation is 4. The summed E-state index contributed by atoms with van der Waals surface area (Å²) in [4.78, 5) is 4.63. The summed E-state index contributed by atoms with van der Waals surface area (Å²) in [6.07, 6.45) is 4.02. The van der Waals surface area contributed by atoms with E-state index in [1.807, 2.05) is 0 Å². The van der Waals surface area contributed by atoms with Crippen molar-refractivity contribution in [2.75, 3.05) is 38.0 Å². The predicted octanol–water partition coefficient (Wildman–Crippen LogP) is 9.80. The molecule has 0 aliphatic rings. The monoisotopic (exact) mass is 636 g/mol. The highest BCUT2D eigenvalue weighted by atomic mass is 31.1. The van der Waals surface area contributed by atoms with Gasteiger partial charge in [-0.3, -0.25) is 0 Å². The minimum Gasteiger partial charge on any atom is -0.377 e. The lowest BCUT2D eigenvalue weighted by Crippen LogP contribution is -2.26. The minimum absolute atomic E-state index is 0.907. The zero-order valence-corrected chi connectivity index (χ0v) is 30.4. The number of anilines is 2. The van der Waals surface area contributed by atoms with E-state index in [4.69, 9.17) is 0 Å². The number of hydrogen-bond acceptors (Lipinski definition) is 2. The molecule has 0 radical (unpaired) electrons. The normalized spacial score (nSPS) is 11.5. The van der Waals surface area contributed by atoms with Gasteiger partial charge in [-0.15, -0.1) is 0 Å². The molecule has 6 rings (SSSR count). The highest BCUT2D eigenvalue weighted by Gasteiger charge is 2.27. The molecule has 0 unspecified atom stereocenters. The van der Waals surface area contributed by atoms with Crippen LogP contribution in [-0.4, -0.2) is 28.2 Å². The first-order chi connectivity index (χ1) is 22.8. The summed E-state index contributed by atoms with van der Waals surface area (Å²) in [5.41, 5.74) is 11.2. The zero-order valence-electron chi connectivity index (χ0n) is 29.5. The third-order valence-electron chi connectivity index (χ3n) is 9.65. The van der Waals surface area contributed by atoms with Gasteiger partial charge in [0.1, 0.15) is 0 Å². The number of nitrogens with zero attached hydrogens (tertiary/aromatic N) is 2. The maximum atomic E-state index is 2.54. The van der Waals surface area contributed by atoms with Gasteiger partial charge in [0.25, 0.3) is 0 Å². The van der Waals surface area contributed by atoms with Crippen LogP contribution < -0.4 is 25.7 Å². The SMILES string of the molecule is CCc1cc(P(c2cc(CC)c(N(C)C)c(CC)c2)c2ccc3ccccc3c2-c2cccc3ccccc23)cc(CC)c1N(C)C. The van der Waals surface area contributed by atoms with E-state index in [1.165, 1.54) is 82.2 Å². The summed E-state index contributed by atoms with van der Waals surface area (Å²) < 4.78 is 0. The molecule has 0 saturated carbocycles. The third kappa shape index (κ3) is 6.05. The fraction of sp³-hybridized carbons (Fsp3) is 0.273. The molecule has 47 heavy (non-hydrogen) atoms. The quantitative estimate of drug-likeness (QED) is 0.138. The molecule has 240 valence electrons. The Bertz CT molecular complexity index is 1930. The Kier molecular flexibility index (Phi) is 9.72. The Morgan fingerprint density at radius 3 is 1.36 bits per heavy atom. The summed E-state index contributed by atoms with van der Waals surface area (Å²) in [6.45, 7) is 9.23. The smallest absolute Gasteiger partial charge is 0.0426 e. The van der Waals surface area contributed by atoms with Crippen LogP contribution in [0.2, 0.25) is 0 Å². The van der Waals surface area contributed by atoms with E-state index in [-0.39, 0.29) is 0 Å². The number of rotatable bonds is 10. The van der Waals surface area contributed by atoms with Crippen molar-refractivity contribution in [3.05, 3.63) is 125 Å². The predicted molar refractivity (Wildman–Crippen MR) is 212 cm³/mol. The second-order valence-electron chi connectivity index (χ2n) is 13.0. The van der Waals surface area contributed by atoms with Crippen molar-refractivity contribution < 1.29 is 0 Å². The van der Waals surface area contributed by atoms with Crippen LogP contribution in [0.25, 0.3) is 32.7 Å². The highest BCUT2D eigenvalue weighted by molar-refractivity contribution is 7.80. The zero-order chi connectivity index (χ0) is 33.2.